The highest BCUT2D eigenvalue weighted by atomic mass is 32.2. The molecule has 2 heterocycles. The molecule has 0 fully saturated rings. The van der Waals surface area contributed by atoms with Gasteiger partial charge in [0.1, 0.15) is 5.82 Å². The molecule has 2 N–H and O–H groups in total. The minimum atomic E-state index is -0.144. The van der Waals surface area contributed by atoms with Gasteiger partial charge in [0.2, 0.25) is 0 Å². The molecule has 0 saturated carbocycles. The highest BCUT2D eigenvalue weighted by Gasteiger charge is 2.10. The van der Waals surface area contributed by atoms with E-state index in [0.717, 1.165) is 41.7 Å². The normalized spacial score (nSPS) is 10.8. The van der Waals surface area contributed by atoms with Crippen molar-refractivity contribution in [1.82, 2.24) is 19.7 Å². The third kappa shape index (κ3) is 4.10. The van der Waals surface area contributed by atoms with Gasteiger partial charge in [-0.25, -0.2) is 14.9 Å². The zero-order chi connectivity index (χ0) is 15.1. The zero-order valence-corrected chi connectivity index (χ0v) is 13.2. The Morgan fingerprint density at radius 1 is 1.38 bits per heavy atom. The molecule has 0 aliphatic carbocycles. The summed E-state index contributed by atoms with van der Waals surface area (Å²) in [4.78, 5) is 16.0. The number of hydrogen-bond donors (Lipinski definition) is 2. The molecular weight excluding hydrogens is 286 g/mol. The molecule has 2 aromatic rings. The summed E-state index contributed by atoms with van der Waals surface area (Å²) in [6.45, 7) is 5.75. The smallest absolute Gasteiger partial charge is 0.343 e. The van der Waals surface area contributed by atoms with Gasteiger partial charge in [-0.1, -0.05) is 31.7 Å². The van der Waals surface area contributed by atoms with Crippen LogP contribution < -0.4 is 11.0 Å². The lowest BCUT2D eigenvalue weighted by atomic mass is 10.3. The number of aromatic amines is 1. The average molecular weight is 307 g/mol. The molecule has 0 atom stereocenters. The summed E-state index contributed by atoms with van der Waals surface area (Å²) in [6.07, 6.45) is 3.75. The lowest BCUT2D eigenvalue weighted by Gasteiger charge is -2.09. The molecule has 0 aliphatic heterocycles. The van der Waals surface area contributed by atoms with Crippen LogP contribution in [0.1, 0.15) is 32.3 Å². The van der Waals surface area contributed by atoms with Crippen LogP contribution in [-0.4, -0.2) is 26.3 Å². The predicted octanol–water partition coefficient (Wildman–Crippen LogP) is 2.49. The molecule has 2 aromatic heterocycles. The van der Waals surface area contributed by atoms with Gasteiger partial charge in [-0.15, -0.1) is 5.10 Å². The van der Waals surface area contributed by atoms with E-state index < -0.39 is 0 Å². The monoisotopic (exact) mass is 307 g/mol. The maximum absolute atomic E-state index is 11.7. The number of anilines is 1. The Balaban J connectivity index is 2.08. The van der Waals surface area contributed by atoms with Crippen molar-refractivity contribution in [1.29, 1.82) is 0 Å². The van der Waals surface area contributed by atoms with Gasteiger partial charge in [0, 0.05) is 30.6 Å². The Morgan fingerprint density at radius 2 is 2.24 bits per heavy atom. The fourth-order valence-electron chi connectivity index (χ4n) is 1.93. The number of pyridine rings is 1. The molecule has 0 aromatic carbocycles. The molecule has 0 aliphatic rings. The van der Waals surface area contributed by atoms with E-state index in [-0.39, 0.29) is 5.69 Å². The van der Waals surface area contributed by atoms with Crippen molar-refractivity contribution in [2.24, 2.45) is 0 Å². The highest BCUT2D eigenvalue weighted by Crippen LogP contribution is 2.23. The summed E-state index contributed by atoms with van der Waals surface area (Å²) in [5, 5.41) is 10.7. The van der Waals surface area contributed by atoms with E-state index in [1.807, 2.05) is 19.1 Å². The SMILES string of the molecule is CCCNc1ncccc1CSc1n[nH]c(=O)n1CCC. The molecule has 0 radical (unpaired) electrons. The Bertz CT molecular complexity index is 622. The first-order valence-electron chi connectivity index (χ1n) is 7.22. The van der Waals surface area contributed by atoms with Gasteiger partial charge >= 0.3 is 5.69 Å². The predicted molar refractivity (Wildman–Crippen MR) is 85.7 cm³/mol. The van der Waals surface area contributed by atoms with E-state index in [2.05, 4.69) is 27.4 Å². The van der Waals surface area contributed by atoms with Gasteiger partial charge in [-0.05, 0) is 18.9 Å². The summed E-state index contributed by atoms with van der Waals surface area (Å²) in [5.74, 6) is 1.64. The largest absolute Gasteiger partial charge is 0.370 e. The summed E-state index contributed by atoms with van der Waals surface area (Å²) in [5.41, 5.74) is 0.976. The number of hydrogen-bond acceptors (Lipinski definition) is 5. The van der Waals surface area contributed by atoms with Crippen LogP contribution in [0.2, 0.25) is 0 Å². The van der Waals surface area contributed by atoms with Crippen molar-refractivity contribution in [3.05, 3.63) is 34.4 Å². The maximum atomic E-state index is 11.7. The van der Waals surface area contributed by atoms with Crippen molar-refractivity contribution in [3.8, 4) is 0 Å². The molecule has 0 bridgehead atoms. The quantitative estimate of drug-likeness (QED) is 0.733. The molecule has 0 spiro atoms. The Labute approximate surface area is 128 Å². The summed E-state index contributed by atoms with van der Waals surface area (Å²) in [7, 11) is 0. The van der Waals surface area contributed by atoms with E-state index in [4.69, 9.17) is 0 Å². The molecule has 114 valence electrons. The van der Waals surface area contributed by atoms with Crippen LogP contribution in [0.3, 0.4) is 0 Å². The molecule has 0 amide bonds. The van der Waals surface area contributed by atoms with Crippen molar-refractivity contribution in [2.75, 3.05) is 11.9 Å². The molecular formula is C14H21N5OS. The Morgan fingerprint density at radius 3 is 3.00 bits per heavy atom. The second kappa shape index (κ2) is 7.87. The summed E-state index contributed by atoms with van der Waals surface area (Å²) in [6, 6.07) is 3.98. The summed E-state index contributed by atoms with van der Waals surface area (Å²) < 4.78 is 1.68. The van der Waals surface area contributed by atoms with Gasteiger partial charge in [-0.3, -0.25) is 4.57 Å². The minimum absolute atomic E-state index is 0.144. The Kier molecular flexibility index (Phi) is 5.86. The van der Waals surface area contributed by atoms with Crippen LogP contribution in [-0.2, 0) is 12.3 Å². The van der Waals surface area contributed by atoms with Gasteiger partial charge < -0.3 is 5.32 Å². The maximum Gasteiger partial charge on any atom is 0.343 e. The number of H-pyrrole nitrogens is 1. The van der Waals surface area contributed by atoms with Crippen LogP contribution in [0.25, 0.3) is 0 Å². The van der Waals surface area contributed by atoms with Gasteiger partial charge in [0.25, 0.3) is 0 Å². The number of nitrogens with one attached hydrogen (secondary N) is 2. The first-order chi connectivity index (χ1) is 10.3. The molecule has 0 unspecified atom stereocenters. The average Bonchev–Trinajstić information content (AvgIpc) is 2.85. The van der Waals surface area contributed by atoms with Crippen LogP contribution in [0.5, 0.6) is 0 Å². The van der Waals surface area contributed by atoms with Crippen molar-refractivity contribution < 1.29 is 0 Å². The fraction of sp³-hybridized carbons (Fsp3) is 0.500. The topological polar surface area (TPSA) is 75.6 Å². The number of rotatable bonds is 8. The third-order valence-corrected chi connectivity index (χ3v) is 3.99. The standard InChI is InChI=1S/C14H21N5OS/c1-3-7-15-12-11(6-5-8-16-12)10-21-14-18-17-13(20)19(14)9-4-2/h5-6,8H,3-4,7,9-10H2,1-2H3,(H,15,16)(H,17,20). The van der Waals surface area contributed by atoms with Crippen molar-refractivity contribution >= 4 is 17.6 Å². The first-order valence-corrected chi connectivity index (χ1v) is 8.20. The van der Waals surface area contributed by atoms with Crippen LogP contribution >= 0.6 is 11.8 Å². The summed E-state index contributed by atoms with van der Waals surface area (Å²) >= 11 is 1.55. The van der Waals surface area contributed by atoms with Crippen molar-refractivity contribution in [3.63, 3.8) is 0 Å². The van der Waals surface area contributed by atoms with E-state index in [1.54, 1.807) is 22.5 Å². The van der Waals surface area contributed by atoms with Crippen LogP contribution in [0, 0.1) is 0 Å². The van der Waals surface area contributed by atoms with Gasteiger partial charge in [0.05, 0.1) is 0 Å². The van der Waals surface area contributed by atoms with E-state index in [0.29, 0.717) is 6.54 Å². The minimum Gasteiger partial charge on any atom is -0.370 e. The van der Waals surface area contributed by atoms with Crippen LogP contribution in [0.15, 0.2) is 28.3 Å². The van der Waals surface area contributed by atoms with Crippen molar-refractivity contribution in [2.45, 2.75) is 44.1 Å². The molecule has 6 nitrogen and oxygen atoms in total. The molecule has 0 saturated heterocycles. The number of aromatic nitrogens is 4. The third-order valence-electron chi connectivity index (χ3n) is 2.96. The second-order valence-electron chi connectivity index (χ2n) is 4.69. The van der Waals surface area contributed by atoms with E-state index in [1.165, 1.54) is 0 Å². The molecule has 21 heavy (non-hydrogen) atoms. The van der Waals surface area contributed by atoms with Gasteiger partial charge in [0.15, 0.2) is 5.16 Å². The van der Waals surface area contributed by atoms with E-state index in [9.17, 15) is 4.79 Å². The van der Waals surface area contributed by atoms with E-state index >= 15 is 0 Å². The molecule has 7 heteroatoms. The lowest BCUT2D eigenvalue weighted by Crippen LogP contribution is -2.17. The van der Waals surface area contributed by atoms with Crippen LogP contribution in [0.4, 0.5) is 5.82 Å². The highest BCUT2D eigenvalue weighted by molar-refractivity contribution is 7.98. The first kappa shape index (κ1) is 15.6. The Hall–Kier alpha value is -1.76. The lowest BCUT2D eigenvalue weighted by molar-refractivity contribution is 0.604. The zero-order valence-electron chi connectivity index (χ0n) is 12.4. The van der Waals surface area contributed by atoms with Gasteiger partial charge in [-0.2, -0.15) is 0 Å². The molecule has 2 rings (SSSR count). The second-order valence-corrected chi connectivity index (χ2v) is 5.63. The number of thioether (sulfide) groups is 1. The number of nitrogens with zero attached hydrogens (tertiary/aromatic N) is 3. The fourth-order valence-corrected chi connectivity index (χ4v) is 2.89.